The summed E-state index contributed by atoms with van der Waals surface area (Å²) in [6.07, 6.45) is 6.51. The molecule has 0 atom stereocenters. The van der Waals surface area contributed by atoms with E-state index < -0.39 is 0 Å². The van der Waals surface area contributed by atoms with Gasteiger partial charge in [-0.3, -0.25) is 0 Å². The summed E-state index contributed by atoms with van der Waals surface area (Å²) >= 11 is 1.77. The molecule has 0 aliphatic heterocycles. The van der Waals surface area contributed by atoms with Crippen molar-refractivity contribution in [2.24, 2.45) is 0 Å². The Bertz CT molecular complexity index is 1020. The van der Waals surface area contributed by atoms with Crippen molar-refractivity contribution in [2.45, 2.75) is 13.3 Å². The number of hydrogen-bond acceptors (Lipinski definition) is 7. The van der Waals surface area contributed by atoms with Crippen LogP contribution in [0.5, 0.6) is 0 Å². The van der Waals surface area contributed by atoms with E-state index in [2.05, 4.69) is 31.9 Å². The first kappa shape index (κ1) is 15.7. The van der Waals surface area contributed by atoms with Gasteiger partial charge in [0.1, 0.15) is 0 Å². The van der Waals surface area contributed by atoms with Crippen molar-refractivity contribution in [3.8, 4) is 17.2 Å². The lowest BCUT2D eigenvalue weighted by molar-refractivity contribution is 0.812. The highest BCUT2D eigenvalue weighted by Gasteiger charge is 2.15. The second kappa shape index (κ2) is 6.60. The van der Waals surface area contributed by atoms with E-state index in [1.54, 1.807) is 27.2 Å². The molecular weight excluding hydrogens is 336 g/mol. The van der Waals surface area contributed by atoms with Crippen molar-refractivity contribution in [2.75, 3.05) is 12.0 Å². The minimum atomic E-state index is 0.686. The van der Waals surface area contributed by atoms with Gasteiger partial charge in [0.05, 0.1) is 0 Å². The molecule has 0 fully saturated rings. The number of aromatic nitrogens is 8. The molecule has 126 valence electrons. The summed E-state index contributed by atoms with van der Waals surface area (Å²) in [4.78, 5) is 9.18. The summed E-state index contributed by atoms with van der Waals surface area (Å²) in [6, 6.07) is 7.76. The minimum Gasteiger partial charge on any atom is -0.237 e. The highest BCUT2D eigenvalue weighted by atomic mass is 32.2. The predicted molar refractivity (Wildman–Crippen MR) is 95.8 cm³/mol. The van der Waals surface area contributed by atoms with Crippen molar-refractivity contribution >= 4 is 17.4 Å². The van der Waals surface area contributed by atoms with Gasteiger partial charge in [-0.05, 0) is 53.4 Å². The molecule has 4 rings (SSSR count). The van der Waals surface area contributed by atoms with E-state index in [0.29, 0.717) is 5.65 Å². The maximum absolute atomic E-state index is 4.73. The quantitative estimate of drug-likeness (QED) is 0.543. The average molecular weight is 352 g/mol. The Morgan fingerprint density at radius 3 is 2.96 bits per heavy atom. The molecular formula is C16H16N8S. The zero-order valence-corrected chi connectivity index (χ0v) is 14.7. The van der Waals surface area contributed by atoms with Gasteiger partial charge in [-0.25, -0.2) is 9.97 Å². The van der Waals surface area contributed by atoms with Crippen LogP contribution in [0.3, 0.4) is 0 Å². The first-order valence-corrected chi connectivity index (χ1v) is 9.20. The third-order valence-corrected chi connectivity index (χ3v) is 4.36. The van der Waals surface area contributed by atoms with E-state index in [4.69, 9.17) is 4.98 Å². The number of aryl methyl sites for hydroxylation is 2. The van der Waals surface area contributed by atoms with Crippen molar-refractivity contribution < 1.29 is 0 Å². The zero-order chi connectivity index (χ0) is 17.2. The summed E-state index contributed by atoms with van der Waals surface area (Å²) in [7, 11) is 0. The fraction of sp³-hybridized carbons (Fsp3) is 0.250. The molecule has 25 heavy (non-hydrogen) atoms. The van der Waals surface area contributed by atoms with Crippen molar-refractivity contribution in [3.63, 3.8) is 0 Å². The van der Waals surface area contributed by atoms with Gasteiger partial charge in [0.25, 0.3) is 0 Å². The highest BCUT2D eigenvalue weighted by Crippen LogP contribution is 2.21. The topological polar surface area (TPSA) is 86.7 Å². The first-order valence-electron chi connectivity index (χ1n) is 7.80. The molecule has 0 spiro atoms. The summed E-state index contributed by atoms with van der Waals surface area (Å²) in [5.74, 6) is 3.24. The van der Waals surface area contributed by atoms with Crippen LogP contribution in [0.15, 0.2) is 36.7 Å². The lowest BCUT2D eigenvalue weighted by atomic mass is 10.2. The molecule has 0 N–H and O–H groups in total. The maximum atomic E-state index is 4.73. The number of pyridine rings is 2. The van der Waals surface area contributed by atoms with Crippen LogP contribution in [0.4, 0.5) is 0 Å². The molecule has 4 heterocycles. The minimum absolute atomic E-state index is 0.686. The van der Waals surface area contributed by atoms with E-state index in [9.17, 15) is 0 Å². The number of fused-ring (bicyclic) bond motifs is 1. The molecule has 9 heteroatoms. The summed E-state index contributed by atoms with van der Waals surface area (Å²) in [6.45, 7) is 2.03. The van der Waals surface area contributed by atoms with Crippen LogP contribution in [0, 0.1) is 6.92 Å². The number of rotatable bonds is 5. The summed E-state index contributed by atoms with van der Waals surface area (Å²) < 4.78 is 3.41. The predicted octanol–water partition coefficient (Wildman–Crippen LogP) is 1.98. The summed E-state index contributed by atoms with van der Waals surface area (Å²) in [5, 5.41) is 16.2. The normalized spacial score (nSPS) is 11.3. The number of tetrazole rings is 1. The second-order valence-electron chi connectivity index (χ2n) is 5.60. The zero-order valence-electron chi connectivity index (χ0n) is 13.9. The maximum Gasteiger partial charge on any atom is 0.179 e. The van der Waals surface area contributed by atoms with Crippen LogP contribution >= 0.6 is 11.8 Å². The van der Waals surface area contributed by atoms with E-state index >= 15 is 0 Å². The Morgan fingerprint density at radius 2 is 2.12 bits per heavy atom. The fourth-order valence-electron chi connectivity index (χ4n) is 2.51. The van der Waals surface area contributed by atoms with Crippen LogP contribution in [-0.2, 0) is 6.42 Å². The third-order valence-electron chi connectivity index (χ3n) is 3.75. The molecule has 0 bridgehead atoms. The molecule has 0 amide bonds. The molecule has 0 aliphatic rings. The van der Waals surface area contributed by atoms with Crippen LogP contribution in [0.1, 0.15) is 11.4 Å². The van der Waals surface area contributed by atoms with Crippen molar-refractivity contribution in [3.05, 3.63) is 48.0 Å². The molecule has 0 aromatic carbocycles. The van der Waals surface area contributed by atoms with E-state index in [1.807, 2.05) is 37.4 Å². The molecule has 0 aliphatic carbocycles. The van der Waals surface area contributed by atoms with Gasteiger partial charge in [0, 0.05) is 30.1 Å². The Morgan fingerprint density at radius 1 is 1.20 bits per heavy atom. The molecule has 0 saturated carbocycles. The fourth-order valence-corrected chi connectivity index (χ4v) is 2.90. The van der Waals surface area contributed by atoms with Gasteiger partial charge in [-0.15, -0.1) is 10.2 Å². The second-order valence-corrected chi connectivity index (χ2v) is 6.58. The van der Waals surface area contributed by atoms with E-state index in [0.717, 1.165) is 40.8 Å². The van der Waals surface area contributed by atoms with Crippen molar-refractivity contribution in [1.82, 2.24) is 39.8 Å². The highest BCUT2D eigenvalue weighted by molar-refractivity contribution is 7.98. The van der Waals surface area contributed by atoms with E-state index in [-0.39, 0.29) is 0 Å². The number of nitrogens with zero attached hydrogens (tertiary/aromatic N) is 8. The third kappa shape index (κ3) is 3.10. The Hall–Kier alpha value is -2.81. The van der Waals surface area contributed by atoms with Gasteiger partial charge >= 0.3 is 0 Å². The van der Waals surface area contributed by atoms with Gasteiger partial charge in [-0.2, -0.15) is 21.0 Å². The SMILES string of the molecule is CSCCc1nc(-c2ccc3nnnn3c2)n(-c2cc(C)ccn2)n1. The van der Waals surface area contributed by atoms with E-state index in [1.165, 1.54) is 0 Å². The first-order chi connectivity index (χ1) is 12.2. The average Bonchev–Trinajstić information content (AvgIpc) is 3.26. The van der Waals surface area contributed by atoms with Crippen LogP contribution in [-0.4, -0.2) is 51.8 Å². The molecule has 8 nitrogen and oxygen atoms in total. The van der Waals surface area contributed by atoms with Crippen molar-refractivity contribution in [1.29, 1.82) is 0 Å². The molecule has 4 aromatic heterocycles. The van der Waals surface area contributed by atoms with Gasteiger partial charge < -0.3 is 0 Å². The lowest BCUT2D eigenvalue weighted by Crippen LogP contribution is -2.03. The van der Waals surface area contributed by atoms with Crippen LogP contribution in [0.2, 0.25) is 0 Å². The van der Waals surface area contributed by atoms with Crippen LogP contribution < -0.4 is 0 Å². The monoisotopic (exact) mass is 352 g/mol. The standard InChI is InChI=1S/C16H16N8S/c1-11-5-7-17-15(9-11)24-16(18-13(20-24)6-8-25-2)12-3-4-14-19-21-22-23(14)10-12/h3-5,7,9-10H,6,8H2,1-2H3. The molecule has 0 saturated heterocycles. The molecule has 4 aromatic rings. The number of thioether (sulfide) groups is 1. The smallest absolute Gasteiger partial charge is 0.179 e. The summed E-state index contributed by atoms with van der Waals surface area (Å²) in [5.41, 5.74) is 2.69. The molecule has 0 radical (unpaired) electrons. The largest absolute Gasteiger partial charge is 0.237 e. The van der Waals surface area contributed by atoms with Gasteiger partial charge in [0.2, 0.25) is 0 Å². The molecule has 0 unspecified atom stereocenters. The van der Waals surface area contributed by atoms with Gasteiger partial charge in [0.15, 0.2) is 23.1 Å². The Balaban J connectivity index is 1.85. The van der Waals surface area contributed by atoms with Gasteiger partial charge in [-0.1, -0.05) is 0 Å². The van der Waals surface area contributed by atoms with Crippen LogP contribution in [0.25, 0.3) is 22.9 Å². The Labute approximate surface area is 148 Å². The Kier molecular flexibility index (Phi) is 4.14. The lowest BCUT2D eigenvalue weighted by Gasteiger charge is -2.05. The number of hydrogen-bond donors (Lipinski definition) is 0.